The van der Waals surface area contributed by atoms with Gasteiger partial charge in [-0.2, -0.15) is 0 Å². The number of anilines is 2. The molecule has 0 saturated carbocycles. The lowest BCUT2D eigenvalue weighted by atomic mass is 9.97. The smallest absolute Gasteiger partial charge is 0.253 e. The Morgan fingerprint density at radius 3 is 2.55 bits per heavy atom. The van der Waals surface area contributed by atoms with E-state index in [-0.39, 0.29) is 21.0 Å². The topological polar surface area (TPSA) is 109 Å². The third-order valence-corrected chi connectivity index (χ3v) is 8.42. The van der Waals surface area contributed by atoms with Gasteiger partial charge in [0.15, 0.2) is 5.03 Å². The van der Waals surface area contributed by atoms with E-state index in [0.29, 0.717) is 30.0 Å². The van der Waals surface area contributed by atoms with Gasteiger partial charge in [0.1, 0.15) is 17.2 Å². The van der Waals surface area contributed by atoms with E-state index in [9.17, 15) is 13.2 Å². The van der Waals surface area contributed by atoms with Crippen LogP contribution in [0, 0.1) is 11.8 Å². The van der Waals surface area contributed by atoms with Crippen molar-refractivity contribution in [3.63, 3.8) is 0 Å². The van der Waals surface area contributed by atoms with Gasteiger partial charge in [0.25, 0.3) is 5.91 Å². The molecule has 2 N–H and O–H groups in total. The fourth-order valence-electron chi connectivity index (χ4n) is 5.29. The highest BCUT2D eigenvalue weighted by Crippen LogP contribution is 2.39. The van der Waals surface area contributed by atoms with Crippen molar-refractivity contribution in [1.82, 2.24) is 9.97 Å². The van der Waals surface area contributed by atoms with Gasteiger partial charge in [-0.15, -0.1) is 0 Å². The summed E-state index contributed by atoms with van der Waals surface area (Å²) >= 11 is 0. The molecule has 2 unspecified atom stereocenters. The number of nitrogens with two attached hydrogens (primary N) is 1. The summed E-state index contributed by atoms with van der Waals surface area (Å²) in [6.45, 7) is 10.8. The first-order chi connectivity index (χ1) is 15.5. The summed E-state index contributed by atoms with van der Waals surface area (Å²) in [6, 6.07) is 6.35. The molecule has 9 heteroatoms. The third kappa shape index (κ3) is 4.43. The van der Waals surface area contributed by atoms with E-state index in [1.165, 1.54) is 18.3 Å². The fourth-order valence-corrected chi connectivity index (χ4v) is 6.69. The van der Waals surface area contributed by atoms with E-state index in [1.54, 1.807) is 6.07 Å². The van der Waals surface area contributed by atoms with E-state index in [2.05, 4.69) is 42.6 Å². The molecular weight excluding hydrogens is 438 g/mol. The monoisotopic (exact) mass is 471 g/mol. The number of primary amides is 1. The SMILES string of the molecule is CC1CCCN(c2cccc(S(=O)(=O)c3ccnc(N4CC(C)CC4(C)C)c3C(N)=O)n2)C1. The van der Waals surface area contributed by atoms with Crippen LogP contribution in [0.4, 0.5) is 11.6 Å². The van der Waals surface area contributed by atoms with Crippen LogP contribution in [-0.4, -0.2) is 49.5 Å². The lowest BCUT2D eigenvalue weighted by Gasteiger charge is -2.34. The van der Waals surface area contributed by atoms with Gasteiger partial charge in [-0.25, -0.2) is 18.4 Å². The number of sulfone groups is 1. The van der Waals surface area contributed by atoms with Crippen LogP contribution < -0.4 is 15.5 Å². The molecule has 0 radical (unpaired) electrons. The minimum absolute atomic E-state index is 0.0709. The van der Waals surface area contributed by atoms with E-state index in [0.717, 1.165) is 32.4 Å². The second-order valence-electron chi connectivity index (χ2n) is 10.1. The zero-order chi connectivity index (χ0) is 24.0. The van der Waals surface area contributed by atoms with Crippen molar-refractivity contribution in [3.8, 4) is 0 Å². The van der Waals surface area contributed by atoms with Crippen molar-refractivity contribution >= 4 is 27.4 Å². The predicted molar refractivity (Wildman–Crippen MR) is 128 cm³/mol. The maximum absolute atomic E-state index is 13.7. The Labute approximate surface area is 196 Å². The molecule has 0 bridgehead atoms. The van der Waals surface area contributed by atoms with Crippen LogP contribution in [0.1, 0.15) is 57.3 Å². The summed E-state index contributed by atoms with van der Waals surface area (Å²) in [5.41, 5.74) is 5.40. The number of aromatic nitrogens is 2. The Morgan fingerprint density at radius 1 is 1.15 bits per heavy atom. The van der Waals surface area contributed by atoms with Crippen LogP contribution in [0.25, 0.3) is 0 Å². The number of hydrogen-bond donors (Lipinski definition) is 1. The molecule has 0 spiro atoms. The summed E-state index contributed by atoms with van der Waals surface area (Å²) in [4.78, 5) is 25.5. The number of hydrogen-bond acceptors (Lipinski definition) is 7. The van der Waals surface area contributed by atoms with Gasteiger partial charge in [0.2, 0.25) is 9.84 Å². The number of nitrogens with zero attached hydrogens (tertiary/aromatic N) is 4. The standard InChI is InChI=1S/C24H33N5O3S/c1-16-7-6-12-28(14-16)19-8-5-9-20(27-19)33(31,32)18-10-11-26-23(21(18)22(25)30)29-15-17(2)13-24(29,3)4/h5,8-11,16-17H,6-7,12-15H2,1-4H3,(H2,25,30). The highest BCUT2D eigenvalue weighted by Gasteiger charge is 2.40. The largest absolute Gasteiger partial charge is 0.365 e. The zero-order valence-electron chi connectivity index (χ0n) is 19.8. The van der Waals surface area contributed by atoms with Crippen LogP contribution in [-0.2, 0) is 9.84 Å². The van der Waals surface area contributed by atoms with Crippen molar-refractivity contribution in [2.75, 3.05) is 29.4 Å². The minimum Gasteiger partial charge on any atom is -0.365 e. The van der Waals surface area contributed by atoms with Crippen molar-refractivity contribution in [1.29, 1.82) is 0 Å². The average molecular weight is 472 g/mol. The number of carbonyl (C=O) groups is 1. The summed E-state index contributed by atoms with van der Waals surface area (Å²) in [6.07, 6.45) is 4.54. The maximum Gasteiger partial charge on any atom is 0.253 e. The molecule has 0 aromatic carbocycles. The number of carbonyl (C=O) groups excluding carboxylic acids is 1. The van der Waals surface area contributed by atoms with Gasteiger partial charge in [-0.05, 0) is 63.1 Å². The highest BCUT2D eigenvalue weighted by molar-refractivity contribution is 7.91. The highest BCUT2D eigenvalue weighted by atomic mass is 32.2. The molecule has 2 aliphatic heterocycles. The molecule has 2 atom stereocenters. The zero-order valence-corrected chi connectivity index (χ0v) is 20.6. The first kappa shape index (κ1) is 23.5. The van der Waals surface area contributed by atoms with E-state index < -0.39 is 15.7 Å². The molecular formula is C24H33N5O3S. The van der Waals surface area contributed by atoms with Crippen molar-refractivity contribution in [2.24, 2.45) is 17.6 Å². The molecule has 4 heterocycles. The Hall–Kier alpha value is -2.68. The van der Waals surface area contributed by atoms with Gasteiger partial charge in [0.05, 0.1) is 4.90 Å². The number of pyridine rings is 2. The van der Waals surface area contributed by atoms with Crippen LogP contribution >= 0.6 is 0 Å². The van der Waals surface area contributed by atoms with E-state index in [4.69, 9.17) is 5.73 Å². The Morgan fingerprint density at radius 2 is 1.91 bits per heavy atom. The molecule has 4 rings (SSSR count). The van der Waals surface area contributed by atoms with Gasteiger partial charge in [-0.3, -0.25) is 4.79 Å². The molecule has 2 aromatic heterocycles. The molecule has 1 amide bonds. The van der Waals surface area contributed by atoms with Crippen molar-refractivity contribution in [3.05, 3.63) is 36.0 Å². The molecule has 2 aliphatic rings. The average Bonchev–Trinajstić information content (AvgIpc) is 3.04. The summed E-state index contributed by atoms with van der Waals surface area (Å²) < 4.78 is 27.4. The maximum atomic E-state index is 13.7. The molecule has 2 aromatic rings. The number of rotatable bonds is 5. The van der Waals surface area contributed by atoms with Crippen LogP contribution in [0.15, 0.2) is 40.4 Å². The fraction of sp³-hybridized carbons (Fsp3) is 0.542. The van der Waals surface area contributed by atoms with Crippen molar-refractivity contribution in [2.45, 2.75) is 62.4 Å². The minimum atomic E-state index is -4.10. The number of amides is 1. The van der Waals surface area contributed by atoms with Gasteiger partial charge < -0.3 is 15.5 Å². The molecule has 8 nitrogen and oxygen atoms in total. The lowest BCUT2D eigenvalue weighted by molar-refractivity contribution is 0.0997. The van der Waals surface area contributed by atoms with E-state index >= 15 is 0 Å². The van der Waals surface area contributed by atoms with Gasteiger partial charge in [-0.1, -0.05) is 19.9 Å². The third-order valence-electron chi connectivity index (χ3n) is 6.72. The normalized spacial score (nSPS) is 23.0. The molecule has 33 heavy (non-hydrogen) atoms. The molecule has 2 saturated heterocycles. The quantitative estimate of drug-likeness (QED) is 0.713. The summed E-state index contributed by atoms with van der Waals surface area (Å²) in [5, 5.41) is -0.0908. The van der Waals surface area contributed by atoms with Crippen LogP contribution in [0.3, 0.4) is 0 Å². The van der Waals surface area contributed by atoms with Crippen molar-refractivity contribution < 1.29 is 13.2 Å². The molecule has 178 valence electrons. The van der Waals surface area contributed by atoms with Gasteiger partial charge in [0, 0.05) is 31.4 Å². The number of piperidine rings is 1. The lowest BCUT2D eigenvalue weighted by Crippen LogP contribution is -2.40. The second-order valence-corrected chi connectivity index (χ2v) is 12.0. The van der Waals surface area contributed by atoms with E-state index in [1.807, 2.05) is 11.0 Å². The molecule has 2 fully saturated rings. The Balaban J connectivity index is 1.79. The van der Waals surface area contributed by atoms with Gasteiger partial charge >= 0.3 is 0 Å². The molecule has 0 aliphatic carbocycles. The van der Waals surface area contributed by atoms with Crippen LogP contribution in [0.2, 0.25) is 0 Å². The Bertz CT molecular complexity index is 1160. The Kier molecular flexibility index (Phi) is 6.11. The first-order valence-electron chi connectivity index (χ1n) is 11.5. The predicted octanol–water partition coefficient (Wildman–Crippen LogP) is 3.27. The first-order valence-corrected chi connectivity index (χ1v) is 13.0. The summed E-state index contributed by atoms with van der Waals surface area (Å²) in [7, 11) is -4.10. The van der Waals surface area contributed by atoms with Crippen LogP contribution in [0.5, 0.6) is 0 Å². The summed E-state index contributed by atoms with van der Waals surface area (Å²) in [5.74, 6) is 1.04. The second kappa shape index (κ2) is 8.59.